The summed E-state index contributed by atoms with van der Waals surface area (Å²) >= 11 is 0. The average molecular weight is 238 g/mol. The Morgan fingerprint density at radius 2 is 2.12 bits per heavy atom. The van der Waals surface area contributed by atoms with Gasteiger partial charge in [0.2, 0.25) is 0 Å². The molecular formula is C14H26N2O. The summed E-state index contributed by atoms with van der Waals surface area (Å²) in [5, 5.41) is 12.3. The lowest BCUT2D eigenvalue weighted by Crippen LogP contribution is -2.21. The van der Waals surface area contributed by atoms with Crippen LogP contribution in [0.1, 0.15) is 37.2 Å². The van der Waals surface area contributed by atoms with Gasteiger partial charge in [-0.3, -0.25) is 0 Å². The van der Waals surface area contributed by atoms with Crippen molar-refractivity contribution in [2.45, 2.75) is 47.2 Å². The number of nitrogens with zero attached hydrogens (tertiary/aromatic N) is 1. The molecule has 0 aromatic carbocycles. The molecular weight excluding hydrogens is 212 g/mol. The van der Waals surface area contributed by atoms with Crippen LogP contribution in [0.25, 0.3) is 0 Å². The first-order valence-corrected chi connectivity index (χ1v) is 6.57. The molecule has 1 rings (SSSR count). The van der Waals surface area contributed by atoms with Crippen molar-refractivity contribution < 1.29 is 5.11 Å². The molecule has 0 saturated heterocycles. The molecule has 1 unspecified atom stereocenters. The van der Waals surface area contributed by atoms with E-state index in [2.05, 4.69) is 43.6 Å². The molecule has 0 radical (unpaired) electrons. The van der Waals surface area contributed by atoms with E-state index in [0.29, 0.717) is 5.92 Å². The van der Waals surface area contributed by atoms with E-state index < -0.39 is 0 Å². The number of nitrogens with one attached hydrogen (secondary N) is 1. The molecule has 0 fully saturated rings. The third-order valence-electron chi connectivity index (χ3n) is 3.42. The van der Waals surface area contributed by atoms with Crippen molar-refractivity contribution in [3.8, 4) is 0 Å². The Morgan fingerprint density at radius 3 is 2.65 bits per heavy atom. The summed E-state index contributed by atoms with van der Waals surface area (Å²) in [5.41, 5.74) is 4.10. The smallest absolute Gasteiger partial charge is 0.0434 e. The Bertz CT molecular complexity index is 344. The van der Waals surface area contributed by atoms with E-state index in [9.17, 15) is 0 Å². The SMILES string of the molecule is CCn1c(C)cc(CNCC(C)CCO)c1C. The molecule has 0 amide bonds. The number of aromatic nitrogens is 1. The maximum Gasteiger partial charge on any atom is 0.0434 e. The van der Waals surface area contributed by atoms with E-state index in [1.165, 1.54) is 17.0 Å². The summed E-state index contributed by atoms with van der Waals surface area (Å²) in [6, 6.07) is 2.27. The predicted molar refractivity (Wildman–Crippen MR) is 72.2 cm³/mol. The molecule has 0 bridgehead atoms. The molecule has 3 nitrogen and oxygen atoms in total. The van der Waals surface area contributed by atoms with Crippen molar-refractivity contribution in [1.82, 2.24) is 9.88 Å². The van der Waals surface area contributed by atoms with Gasteiger partial charge in [-0.2, -0.15) is 0 Å². The molecule has 1 aromatic heterocycles. The highest BCUT2D eigenvalue weighted by molar-refractivity contribution is 5.26. The van der Waals surface area contributed by atoms with E-state index >= 15 is 0 Å². The lowest BCUT2D eigenvalue weighted by Gasteiger charge is -2.11. The predicted octanol–water partition coefficient (Wildman–Crippen LogP) is 2.23. The van der Waals surface area contributed by atoms with Crippen LogP contribution >= 0.6 is 0 Å². The summed E-state index contributed by atoms with van der Waals surface area (Å²) in [7, 11) is 0. The van der Waals surface area contributed by atoms with Crippen LogP contribution in [0.4, 0.5) is 0 Å². The van der Waals surface area contributed by atoms with Gasteiger partial charge in [0.15, 0.2) is 0 Å². The van der Waals surface area contributed by atoms with Gasteiger partial charge >= 0.3 is 0 Å². The first kappa shape index (κ1) is 14.3. The highest BCUT2D eigenvalue weighted by atomic mass is 16.3. The van der Waals surface area contributed by atoms with Crippen molar-refractivity contribution in [2.75, 3.05) is 13.2 Å². The van der Waals surface area contributed by atoms with Crippen molar-refractivity contribution in [1.29, 1.82) is 0 Å². The van der Waals surface area contributed by atoms with Gasteiger partial charge in [0, 0.05) is 31.1 Å². The quantitative estimate of drug-likeness (QED) is 0.764. The number of hydrogen-bond donors (Lipinski definition) is 2. The van der Waals surface area contributed by atoms with Gasteiger partial charge in [0.25, 0.3) is 0 Å². The summed E-state index contributed by atoms with van der Waals surface area (Å²) in [6.07, 6.45) is 0.876. The van der Waals surface area contributed by atoms with E-state index in [1.54, 1.807) is 0 Å². The van der Waals surface area contributed by atoms with Crippen molar-refractivity contribution in [3.05, 3.63) is 23.0 Å². The number of aliphatic hydroxyl groups is 1. The number of rotatable bonds is 7. The summed E-state index contributed by atoms with van der Waals surface area (Å²) < 4.78 is 2.34. The third kappa shape index (κ3) is 3.86. The fraction of sp³-hybridized carbons (Fsp3) is 0.714. The van der Waals surface area contributed by atoms with Gasteiger partial charge in [0.1, 0.15) is 0 Å². The number of aryl methyl sites for hydroxylation is 1. The van der Waals surface area contributed by atoms with Gasteiger partial charge in [-0.15, -0.1) is 0 Å². The maximum absolute atomic E-state index is 8.84. The Labute approximate surface area is 105 Å². The molecule has 0 aliphatic heterocycles. The van der Waals surface area contributed by atoms with Crippen LogP contribution in [0.15, 0.2) is 6.07 Å². The third-order valence-corrected chi connectivity index (χ3v) is 3.42. The van der Waals surface area contributed by atoms with Crippen molar-refractivity contribution in [3.63, 3.8) is 0 Å². The average Bonchev–Trinajstić information content (AvgIpc) is 2.54. The standard InChI is InChI=1S/C14H26N2O/c1-5-16-12(3)8-14(13(16)4)10-15-9-11(2)6-7-17/h8,11,15,17H,5-7,9-10H2,1-4H3. The van der Waals surface area contributed by atoms with Crippen LogP contribution in [0.5, 0.6) is 0 Å². The van der Waals surface area contributed by atoms with Crippen LogP contribution in [-0.4, -0.2) is 22.8 Å². The molecule has 1 aromatic rings. The Hall–Kier alpha value is -0.800. The van der Waals surface area contributed by atoms with Crippen molar-refractivity contribution in [2.24, 2.45) is 5.92 Å². The van der Waals surface area contributed by atoms with E-state index in [1.807, 2.05) is 0 Å². The van der Waals surface area contributed by atoms with Crippen LogP contribution < -0.4 is 5.32 Å². The second-order valence-corrected chi connectivity index (χ2v) is 4.89. The minimum absolute atomic E-state index is 0.285. The molecule has 0 spiro atoms. The molecule has 1 heterocycles. The molecule has 3 heteroatoms. The first-order valence-electron chi connectivity index (χ1n) is 6.57. The zero-order valence-corrected chi connectivity index (χ0v) is 11.6. The minimum atomic E-state index is 0.285. The van der Waals surface area contributed by atoms with Crippen LogP contribution in [0, 0.1) is 19.8 Å². The van der Waals surface area contributed by atoms with Crippen LogP contribution in [0.3, 0.4) is 0 Å². The van der Waals surface area contributed by atoms with Gasteiger partial charge in [-0.1, -0.05) is 6.92 Å². The van der Waals surface area contributed by atoms with Crippen LogP contribution in [-0.2, 0) is 13.1 Å². The molecule has 2 N–H and O–H groups in total. The fourth-order valence-corrected chi connectivity index (χ4v) is 2.31. The molecule has 0 aliphatic carbocycles. The van der Waals surface area contributed by atoms with Gasteiger partial charge in [0.05, 0.1) is 0 Å². The zero-order valence-electron chi connectivity index (χ0n) is 11.6. The van der Waals surface area contributed by atoms with Crippen molar-refractivity contribution >= 4 is 0 Å². The Kier molecular flexibility index (Phi) is 5.72. The van der Waals surface area contributed by atoms with Gasteiger partial charge < -0.3 is 15.0 Å². The highest BCUT2D eigenvalue weighted by Gasteiger charge is 2.07. The zero-order chi connectivity index (χ0) is 12.8. The monoisotopic (exact) mass is 238 g/mol. The first-order chi connectivity index (χ1) is 8.10. The molecule has 1 atom stereocenters. The summed E-state index contributed by atoms with van der Waals surface area (Å²) in [6.45, 7) is 11.9. The summed E-state index contributed by atoms with van der Waals surface area (Å²) in [4.78, 5) is 0. The number of aliphatic hydroxyl groups excluding tert-OH is 1. The molecule has 0 aliphatic rings. The highest BCUT2D eigenvalue weighted by Crippen LogP contribution is 2.14. The lowest BCUT2D eigenvalue weighted by atomic mass is 10.1. The van der Waals surface area contributed by atoms with Gasteiger partial charge in [-0.05, 0) is 51.3 Å². The molecule has 98 valence electrons. The van der Waals surface area contributed by atoms with E-state index in [0.717, 1.165) is 26.1 Å². The second kappa shape index (κ2) is 6.82. The van der Waals surface area contributed by atoms with E-state index in [4.69, 9.17) is 5.11 Å². The largest absolute Gasteiger partial charge is 0.396 e. The fourth-order valence-electron chi connectivity index (χ4n) is 2.31. The topological polar surface area (TPSA) is 37.2 Å². The lowest BCUT2D eigenvalue weighted by molar-refractivity contribution is 0.260. The Morgan fingerprint density at radius 1 is 1.41 bits per heavy atom. The summed E-state index contributed by atoms with van der Waals surface area (Å²) in [5.74, 6) is 0.537. The van der Waals surface area contributed by atoms with Gasteiger partial charge in [-0.25, -0.2) is 0 Å². The maximum atomic E-state index is 8.84. The normalized spacial score (nSPS) is 13.0. The van der Waals surface area contributed by atoms with E-state index in [-0.39, 0.29) is 6.61 Å². The minimum Gasteiger partial charge on any atom is -0.396 e. The molecule has 17 heavy (non-hydrogen) atoms. The second-order valence-electron chi connectivity index (χ2n) is 4.89. The molecule has 0 saturated carbocycles. The number of hydrogen-bond acceptors (Lipinski definition) is 2. The van der Waals surface area contributed by atoms with Crippen LogP contribution in [0.2, 0.25) is 0 Å². The Balaban J connectivity index is 2.47.